The number of pyridine rings is 3. The molecule has 1 saturated heterocycles. The largest absolute Gasteiger partial charge is 0.381 e. The number of H-pyrrole nitrogens is 1. The normalized spacial score (nSPS) is 16.7. The first-order chi connectivity index (χ1) is 28.5. The molecule has 9 rings (SSSR count). The van der Waals surface area contributed by atoms with E-state index in [1.54, 1.807) is 6.20 Å². The highest BCUT2D eigenvalue weighted by Gasteiger charge is 2.35. The molecule has 1 saturated carbocycles. The van der Waals surface area contributed by atoms with Crippen LogP contribution in [0.2, 0.25) is 0 Å². The van der Waals surface area contributed by atoms with Crippen LogP contribution in [0, 0.1) is 43.9 Å². The lowest BCUT2D eigenvalue weighted by molar-refractivity contribution is -0.0456. The Hall–Kier alpha value is -5.88. The number of ether oxygens (including phenoxy) is 1. The Kier molecular flexibility index (Phi) is 11.3. The number of hydrogen-bond donors (Lipinski definition) is 1. The first-order valence-corrected chi connectivity index (χ1v) is 20.0. The Morgan fingerprint density at radius 2 is 1.68 bits per heavy atom. The van der Waals surface area contributed by atoms with Crippen molar-refractivity contribution in [1.82, 2.24) is 39.4 Å². The molecule has 1 N–H and O–H groups in total. The number of aryl methyl sites for hydroxylation is 3. The number of halogens is 4. The Labute approximate surface area is 338 Å². The number of nitrogens with zero attached hydrogens (tertiary/aromatic N) is 8. The maximum atomic E-state index is 13.5. The average molecular weight is 808 g/mol. The minimum Gasteiger partial charge on any atom is -0.381 e. The zero-order valence-corrected chi connectivity index (χ0v) is 33.1. The zero-order chi connectivity index (χ0) is 41.3. The lowest BCUT2D eigenvalue weighted by atomic mass is 9.81. The van der Waals surface area contributed by atoms with Crippen molar-refractivity contribution >= 4 is 22.1 Å². The molecule has 0 aromatic carbocycles. The van der Waals surface area contributed by atoms with Crippen LogP contribution in [0.15, 0.2) is 72.2 Å². The van der Waals surface area contributed by atoms with Gasteiger partial charge in [-0.1, -0.05) is 11.2 Å². The maximum absolute atomic E-state index is 13.5. The molecular weight excluding hydrogens is 763 g/mol. The van der Waals surface area contributed by atoms with Crippen LogP contribution in [0.4, 0.5) is 17.6 Å². The smallest absolute Gasteiger partial charge is 0.333 e. The second-order valence-corrected chi connectivity index (χ2v) is 15.7. The highest BCUT2D eigenvalue weighted by Crippen LogP contribution is 2.40. The molecule has 8 heterocycles. The molecule has 7 aromatic rings. The third-order valence-electron chi connectivity index (χ3n) is 11.7. The molecule has 0 spiro atoms. The van der Waals surface area contributed by atoms with Gasteiger partial charge in [0.05, 0.1) is 40.0 Å². The summed E-state index contributed by atoms with van der Waals surface area (Å²) in [7, 11) is 0. The summed E-state index contributed by atoms with van der Waals surface area (Å²) >= 11 is 0. The second kappa shape index (κ2) is 16.8. The van der Waals surface area contributed by atoms with E-state index >= 15 is 0 Å². The number of nitriles is 1. The molecule has 2 fully saturated rings. The van der Waals surface area contributed by atoms with Gasteiger partial charge in [0, 0.05) is 102 Å². The minimum atomic E-state index is -2.73. The van der Waals surface area contributed by atoms with E-state index in [0.717, 1.165) is 75.0 Å². The molecule has 0 bridgehead atoms. The Morgan fingerprint density at radius 3 is 2.36 bits per heavy atom. The van der Waals surface area contributed by atoms with Crippen molar-refractivity contribution in [3.05, 3.63) is 90.4 Å². The van der Waals surface area contributed by atoms with Gasteiger partial charge in [-0.15, -0.1) is 0 Å². The summed E-state index contributed by atoms with van der Waals surface area (Å²) < 4.78 is 66.6. The van der Waals surface area contributed by atoms with Crippen LogP contribution in [-0.2, 0) is 11.2 Å². The zero-order valence-electron chi connectivity index (χ0n) is 33.1. The van der Waals surface area contributed by atoms with Crippen molar-refractivity contribution in [2.24, 2.45) is 11.8 Å². The molecule has 0 radical (unpaired) electrons. The van der Waals surface area contributed by atoms with Crippen LogP contribution < -0.4 is 0 Å². The summed E-state index contributed by atoms with van der Waals surface area (Å²) in [4.78, 5) is 16.9. The van der Waals surface area contributed by atoms with Gasteiger partial charge in [-0.2, -0.15) is 19.1 Å². The third kappa shape index (κ3) is 8.50. The first-order valence-electron chi connectivity index (χ1n) is 20.0. The molecule has 1 aliphatic carbocycles. The molecule has 11 nitrogen and oxygen atoms in total. The van der Waals surface area contributed by atoms with E-state index in [1.165, 1.54) is 12.4 Å². The van der Waals surface area contributed by atoms with Crippen LogP contribution in [-0.4, -0.2) is 58.6 Å². The number of hydrogen-bond acceptors (Lipinski definition) is 8. The Bertz CT molecular complexity index is 2570. The second-order valence-electron chi connectivity index (χ2n) is 15.7. The molecule has 306 valence electrons. The molecule has 7 aromatic heterocycles. The molecule has 0 amide bonds. The van der Waals surface area contributed by atoms with Crippen molar-refractivity contribution in [1.29, 1.82) is 5.26 Å². The quantitative estimate of drug-likeness (QED) is 0.142. The molecular formula is C44H45F4N9O2. The lowest BCUT2D eigenvalue weighted by Crippen LogP contribution is -2.25. The van der Waals surface area contributed by atoms with Crippen LogP contribution in [0.5, 0.6) is 0 Å². The van der Waals surface area contributed by atoms with Gasteiger partial charge in [-0.25, -0.2) is 13.5 Å². The van der Waals surface area contributed by atoms with Crippen LogP contribution >= 0.6 is 0 Å². The van der Waals surface area contributed by atoms with Gasteiger partial charge in [0.25, 0.3) is 0 Å². The molecule has 1 unspecified atom stereocenters. The van der Waals surface area contributed by atoms with E-state index in [0.29, 0.717) is 65.5 Å². The van der Waals surface area contributed by atoms with Crippen molar-refractivity contribution in [2.75, 3.05) is 13.2 Å². The first kappa shape index (κ1) is 39.9. The number of aromatic nitrogens is 8. The van der Waals surface area contributed by atoms with Crippen molar-refractivity contribution in [3.8, 4) is 39.4 Å². The number of fused-ring (bicyclic) bond motifs is 2. The summed E-state index contributed by atoms with van der Waals surface area (Å²) in [6.45, 7) is 4.32. The van der Waals surface area contributed by atoms with E-state index in [-0.39, 0.29) is 18.8 Å². The van der Waals surface area contributed by atoms with Crippen molar-refractivity contribution < 1.29 is 26.8 Å². The van der Waals surface area contributed by atoms with Crippen LogP contribution in [0.3, 0.4) is 0 Å². The monoisotopic (exact) mass is 807 g/mol. The van der Waals surface area contributed by atoms with E-state index in [2.05, 4.69) is 36.3 Å². The molecule has 15 heteroatoms. The number of rotatable bonds is 9. The Balaban J connectivity index is 0.000000172. The van der Waals surface area contributed by atoms with Crippen molar-refractivity contribution in [2.45, 2.75) is 90.7 Å². The summed E-state index contributed by atoms with van der Waals surface area (Å²) in [6, 6.07) is 9.95. The highest BCUT2D eigenvalue weighted by molar-refractivity contribution is 5.95. The SMILES string of the molecule is Cc1ccc(-c2cnc3cc[nH]c3c2CC2CCC(F)(F)CC2)cn1.Cc1noc(C)c1-c1cnc2c(-c3cnn(C(F)F)c3)cn(C(C#N)CC3CCOCC3)c2c1. The van der Waals surface area contributed by atoms with E-state index in [1.807, 2.05) is 74.4 Å². The van der Waals surface area contributed by atoms with Gasteiger partial charge >= 0.3 is 6.55 Å². The van der Waals surface area contributed by atoms with E-state index in [9.17, 15) is 22.8 Å². The molecule has 1 aliphatic heterocycles. The van der Waals surface area contributed by atoms with Gasteiger partial charge in [0.1, 0.15) is 11.8 Å². The van der Waals surface area contributed by atoms with Gasteiger partial charge < -0.3 is 18.8 Å². The van der Waals surface area contributed by atoms with Crippen molar-refractivity contribution in [3.63, 3.8) is 0 Å². The summed E-state index contributed by atoms with van der Waals surface area (Å²) in [6.07, 6.45) is 16.3. The number of aromatic amines is 1. The van der Waals surface area contributed by atoms with Gasteiger partial charge in [0.2, 0.25) is 5.92 Å². The average Bonchev–Trinajstić information content (AvgIpc) is 4.05. The standard InChI is InChI=1S/C24H24F2N6O2.C20H21F2N3/c1-14-22(15(2)34-30-14)17-8-21-23(28-10-17)20(18-11-29-32(12-18)24(25)26)13-31(21)19(9-27)7-16-3-5-33-6-4-16;1-13-2-3-15(11-24-13)17-12-25-18-6-9-23-19(18)16(17)10-14-4-7-20(21,22)8-5-14/h8,10-13,16,19,24H,3-7H2,1-2H3;2-3,6,9,11-12,14,23H,4-5,7-8,10H2,1H3. The summed E-state index contributed by atoms with van der Waals surface area (Å²) in [5.74, 6) is -1.15. The minimum absolute atomic E-state index is 0.00194. The van der Waals surface area contributed by atoms with Crippen LogP contribution in [0.25, 0.3) is 55.4 Å². The Morgan fingerprint density at radius 1 is 0.898 bits per heavy atom. The maximum Gasteiger partial charge on any atom is 0.333 e. The van der Waals surface area contributed by atoms with Crippen LogP contribution in [0.1, 0.15) is 80.2 Å². The fourth-order valence-electron chi connectivity index (χ4n) is 8.48. The predicted molar refractivity (Wildman–Crippen MR) is 215 cm³/mol. The molecule has 1 atom stereocenters. The fourth-order valence-corrected chi connectivity index (χ4v) is 8.48. The molecule has 59 heavy (non-hydrogen) atoms. The summed E-state index contributed by atoms with van der Waals surface area (Å²) in [5.41, 5.74) is 11.1. The van der Waals surface area contributed by atoms with E-state index in [4.69, 9.17) is 9.26 Å². The van der Waals surface area contributed by atoms with Gasteiger partial charge in [-0.3, -0.25) is 15.0 Å². The van der Waals surface area contributed by atoms with E-state index < -0.39 is 18.5 Å². The third-order valence-corrected chi connectivity index (χ3v) is 11.7. The number of alkyl halides is 4. The lowest BCUT2D eigenvalue weighted by Gasteiger charge is -2.28. The fraction of sp³-hybridized carbons (Fsp3) is 0.409. The predicted octanol–water partition coefficient (Wildman–Crippen LogP) is 10.7. The number of nitrogens with one attached hydrogen (secondary N) is 1. The van der Waals surface area contributed by atoms with Gasteiger partial charge in [-0.05, 0) is 94.9 Å². The molecule has 2 aliphatic rings. The highest BCUT2D eigenvalue weighted by atomic mass is 19.3. The topological polar surface area (TPSA) is 136 Å². The van der Waals surface area contributed by atoms with Gasteiger partial charge in [0.15, 0.2) is 0 Å². The summed E-state index contributed by atoms with van der Waals surface area (Å²) in [5, 5.41) is 17.9.